The van der Waals surface area contributed by atoms with Crippen LogP contribution in [-0.2, 0) is 4.79 Å². The van der Waals surface area contributed by atoms with Gasteiger partial charge in [0.2, 0.25) is 5.91 Å². The van der Waals surface area contributed by atoms with Crippen LogP contribution in [0.5, 0.6) is 0 Å². The van der Waals surface area contributed by atoms with Crippen molar-refractivity contribution in [2.75, 3.05) is 6.54 Å². The molecule has 0 N–H and O–H groups in total. The quantitative estimate of drug-likeness (QED) is 0.780. The van der Waals surface area contributed by atoms with Crippen molar-refractivity contribution in [1.82, 2.24) is 4.90 Å². The second kappa shape index (κ2) is 5.63. The van der Waals surface area contributed by atoms with Crippen LogP contribution in [0.2, 0.25) is 0 Å². The van der Waals surface area contributed by atoms with E-state index in [0.29, 0.717) is 6.42 Å². The third-order valence-electron chi connectivity index (χ3n) is 3.76. The summed E-state index contributed by atoms with van der Waals surface area (Å²) in [6.45, 7) is 4.59. The second-order valence-corrected chi connectivity index (χ2v) is 6.05. The monoisotopic (exact) mass is 283 g/mol. The lowest BCUT2D eigenvalue weighted by molar-refractivity contribution is -0.129. The maximum atomic E-state index is 12.3. The highest BCUT2D eigenvalue weighted by Gasteiger charge is 2.34. The Labute approximate surface area is 123 Å². The van der Waals surface area contributed by atoms with Gasteiger partial charge in [-0.05, 0) is 17.0 Å². The van der Waals surface area contributed by atoms with Gasteiger partial charge in [-0.15, -0.1) is 17.9 Å². The van der Waals surface area contributed by atoms with Gasteiger partial charge in [-0.2, -0.15) is 0 Å². The number of hydrogen-bond donors (Lipinski definition) is 0. The van der Waals surface area contributed by atoms with Crippen LogP contribution >= 0.6 is 11.3 Å². The summed E-state index contributed by atoms with van der Waals surface area (Å²) in [5, 5.41) is 2.07. The average Bonchev–Trinajstić information content (AvgIpc) is 3.11. The molecule has 2 heterocycles. The molecule has 2 atom stereocenters. The normalized spacial score (nSPS) is 20.1. The summed E-state index contributed by atoms with van der Waals surface area (Å²) in [7, 11) is 0. The van der Waals surface area contributed by atoms with Crippen molar-refractivity contribution in [2.24, 2.45) is 5.92 Å². The number of carbonyl (C=O) groups is 1. The summed E-state index contributed by atoms with van der Waals surface area (Å²) in [6.07, 6.45) is 2.48. The van der Waals surface area contributed by atoms with Gasteiger partial charge in [0.1, 0.15) is 0 Å². The van der Waals surface area contributed by atoms with Crippen LogP contribution in [0, 0.1) is 5.92 Å². The maximum absolute atomic E-state index is 12.3. The molecular formula is C17H17NOS. The lowest BCUT2D eigenvalue weighted by Crippen LogP contribution is -2.30. The fourth-order valence-corrected chi connectivity index (χ4v) is 3.61. The lowest BCUT2D eigenvalue weighted by Gasteiger charge is -2.27. The molecule has 3 heteroatoms. The predicted octanol–water partition coefficient (Wildman–Crippen LogP) is 3.87. The van der Waals surface area contributed by atoms with E-state index >= 15 is 0 Å². The van der Waals surface area contributed by atoms with Gasteiger partial charge >= 0.3 is 0 Å². The molecule has 2 nitrogen and oxygen atoms in total. The largest absolute Gasteiger partial charge is 0.330 e. The van der Waals surface area contributed by atoms with Crippen LogP contribution in [0.3, 0.4) is 0 Å². The van der Waals surface area contributed by atoms with Crippen molar-refractivity contribution in [2.45, 2.75) is 12.5 Å². The van der Waals surface area contributed by atoms with Crippen LogP contribution in [0.25, 0.3) is 0 Å². The van der Waals surface area contributed by atoms with E-state index in [-0.39, 0.29) is 17.9 Å². The number of amides is 1. The van der Waals surface area contributed by atoms with Crippen molar-refractivity contribution in [3.63, 3.8) is 0 Å². The molecule has 1 saturated heterocycles. The lowest BCUT2D eigenvalue weighted by atomic mass is 10.0. The zero-order valence-electron chi connectivity index (χ0n) is 11.2. The number of rotatable bonds is 4. The van der Waals surface area contributed by atoms with Gasteiger partial charge in [-0.25, -0.2) is 0 Å². The molecule has 1 aromatic heterocycles. The number of benzene rings is 1. The second-order valence-electron chi connectivity index (χ2n) is 5.07. The molecule has 2 aromatic rings. The number of carbonyl (C=O) groups excluding carboxylic acids is 1. The maximum Gasteiger partial charge on any atom is 0.224 e. The number of hydrogen-bond acceptors (Lipinski definition) is 2. The highest BCUT2D eigenvalue weighted by Crippen LogP contribution is 2.36. The van der Waals surface area contributed by atoms with Crippen LogP contribution < -0.4 is 0 Å². The molecule has 0 bridgehead atoms. The summed E-state index contributed by atoms with van der Waals surface area (Å²) in [6, 6.07) is 14.4. The Balaban J connectivity index is 1.99. The molecule has 102 valence electrons. The van der Waals surface area contributed by atoms with E-state index < -0.39 is 0 Å². The van der Waals surface area contributed by atoms with Crippen molar-refractivity contribution in [1.29, 1.82) is 0 Å². The molecular weight excluding hydrogens is 266 g/mol. The highest BCUT2D eigenvalue weighted by atomic mass is 32.1. The molecule has 1 aromatic carbocycles. The zero-order valence-corrected chi connectivity index (χ0v) is 12.1. The molecule has 2 unspecified atom stereocenters. The number of likely N-dealkylation sites (tertiary alicyclic amines) is 1. The van der Waals surface area contributed by atoms with Gasteiger partial charge in [0.15, 0.2) is 0 Å². The first kappa shape index (κ1) is 13.1. The molecule has 1 aliphatic rings. The van der Waals surface area contributed by atoms with Gasteiger partial charge in [0.05, 0.1) is 6.04 Å². The Kier molecular flexibility index (Phi) is 3.70. The Hall–Kier alpha value is -1.87. The van der Waals surface area contributed by atoms with Crippen LogP contribution in [-0.4, -0.2) is 17.4 Å². The Morgan fingerprint density at radius 3 is 2.65 bits per heavy atom. The minimum absolute atomic E-state index is 0.0358. The predicted molar refractivity (Wildman–Crippen MR) is 82.6 cm³/mol. The van der Waals surface area contributed by atoms with E-state index in [1.165, 1.54) is 10.4 Å². The minimum Gasteiger partial charge on any atom is -0.330 e. The third kappa shape index (κ3) is 2.41. The average molecular weight is 283 g/mol. The Morgan fingerprint density at radius 1 is 1.25 bits per heavy atom. The molecule has 0 saturated carbocycles. The first-order chi connectivity index (χ1) is 9.79. The van der Waals surface area contributed by atoms with E-state index in [0.717, 1.165) is 6.54 Å². The topological polar surface area (TPSA) is 20.3 Å². The van der Waals surface area contributed by atoms with Crippen molar-refractivity contribution in [3.05, 3.63) is 70.9 Å². The highest BCUT2D eigenvalue weighted by molar-refractivity contribution is 7.10. The van der Waals surface area contributed by atoms with Crippen LogP contribution in [0.15, 0.2) is 60.5 Å². The molecule has 3 rings (SSSR count). The summed E-state index contributed by atoms with van der Waals surface area (Å²) >= 11 is 1.70. The molecule has 1 aliphatic heterocycles. The molecule has 0 spiro atoms. The molecule has 0 radical (unpaired) electrons. The Morgan fingerprint density at radius 2 is 2.05 bits per heavy atom. The van der Waals surface area contributed by atoms with Crippen LogP contribution in [0.1, 0.15) is 22.9 Å². The third-order valence-corrected chi connectivity index (χ3v) is 4.69. The molecule has 20 heavy (non-hydrogen) atoms. The van der Waals surface area contributed by atoms with E-state index in [4.69, 9.17) is 0 Å². The summed E-state index contributed by atoms with van der Waals surface area (Å²) in [4.78, 5) is 15.5. The van der Waals surface area contributed by atoms with Gasteiger partial charge in [-0.1, -0.05) is 42.5 Å². The van der Waals surface area contributed by atoms with E-state index in [2.05, 4.69) is 30.2 Å². The first-order valence-electron chi connectivity index (χ1n) is 6.80. The zero-order chi connectivity index (χ0) is 13.9. The Bertz CT molecular complexity index is 591. The fourth-order valence-electron chi connectivity index (χ4n) is 2.75. The smallest absolute Gasteiger partial charge is 0.224 e. The van der Waals surface area contributed by atoms with E-state index in [9.17, 15) is 4.79 Å². The summed E-state index contributed by atoms with van der Waals surface area (Å²) in [5.41, 5.74) is 1.17. The van der Waals surface area contributed by atoms with E-state index in [1.54, 1.807) is 11.3 Å². The molecule has 0 aliphatic carbocycles. The fraction of sp³-hybridized carbons (Fsp3) is 0.235. The van der Waals surface area contributed by atoms with Gasteiger partial charge in [0, 0.05) is 23.8 Å². The summed E-state index contributed by atoms with van der Waals surface area (Å²) < 4.78 is 0. The SMILES string of the molecule is C=CC1CC(=O)N(C(c2ccccc2)c2cccs2)C1. The number of thiophene rings is 1. The minimum atomic E-state index is 0.0358. The van der Waals surface area contributed by atoms with E-state index in [1.807, 2.05) is 35.2 Å². The van der Waals surface area contributed by atoms with Gasteiger partial charge in [-0.3, -0.25) is 4.79 Å². The van der Waals surface area contributed by atoms with Gasteiger partial charge in [0.25, 0.3) is 0 Å². The van der Waals surface area contributed by atoms with Crippen molar-refractivity contribution < 1.29 is 4.79 Å². The molecule has 1 amide bonds. The van der Waals surface area contributed by atoms with Gasteiger partial charge < -0.3 is 4.90 Å². The van der Waals surface area contributed by atoms with Crippen LogP contribution in [0.4, 0.5) is 0 Å². The van der Waals surface area contributed by atoms with Crippen molar-refractivity contribution >= 4 is 17.2 Å². The standard InChI is InChI=1S/C17H17NOS/c1-2-13-11-16(19)18(12-13)17(15-9-6-10-20-15)14-7-4-3-5-8-14/h2-10,13,17H,1,11-12H2. The molecule has 1 fully saturated rings. The number of nitrogens with zero attached hydrogens (tertiary/aromatic N) is 1. The summed E-state index contributed by atoms with van der Waals surface area (Å²) in [5.74, 6) is 0.492. The first-order valence-corrected chi connectivity index (χ1v) is 7.68. The van der Waals surface area contributed by atoms with Crippen molar-refractivity contribution in [3.8, 4) is 0 Å².